The normalized spacial score (nSPS) is 12.9. The standard InChI is InChI=1S/C38H75NO4/c1-6-9-12-14-15-16-19-23-29-36(43-38(41)32-26-33-39(4)5)30-24-20-17-18-21-25-31-37(40)42-34-35(27-11-8-3)28-22-13-10-7-2/h35-36H,6-34H2,1-5H3. The maximum absolute atomic E-state index is 12.5. The van der Waals surface area contributed by atoms with Gasteiger partial charge in [-0.15, -0.1) is 0 Å². The number of hydrogen-bond acceptors (Lipinski definition) is 5. The summed E-state index contributed by atoms with van der Waals surface area (Å²) in [6.45, 7) is 8.29. The molecule has 43 heavy (non-hydrogen) atoms. The lowest BCUT2D eigenvalue weighted by Gasteiger charge is -2.18. The molecule has 0 spiro atoms. The van der Waals surface area contributed by atoms with Crippen molar-refractivity contribution in [2.75, 3.05) is 27.2 Å². The number of ether oxygens (including phenoxy) is 2. The summed E-state index contributed by atoms with van der Waals surface area (Å²) in [5.41, 5.74) is 0. The van der Waals surface area contributed by atoms with Crippen LogP contribution in [-0.4, -0.2) is 50.2 Å². The average Bonchev–Trinajstić information content (AvgIpc) is 2.98. The Bertz CT molecular complexity index is 609. The van der Waals surface area contributed by atoms with Gasteiger partial charge in [0.2, 0.25) is 0 Å². The van der Waals surface area contributed by atoms with E-state index in [0.717, 1.165) is 57.9 Å². The second-order valence-corrected chi connectivity index (χ2v) is 13.5. The first kappa shape index (κ1) is 41.9. The van der Waals surface area contributed by atoms with E-state index in [1.165, 1.54) is 109 Å². The molecule has 0 fully saturated rings. The third kappa shape index (κ3) is 30.7. The molecule has 0 aliphatic rings. The molecular formula is C38H75NO4. The molecule has 0 bridgehead atoms. The van der Waals surface area contributed by atoms with E-state index in [-0.39, 0.29) is 18.0 Å². The second-order valence-electron chi connectivity index (χ2n) is 13.5. The monoisotopic (exact) mass is 610 g/mol. The van der Waals surface area contributed by atoms with Crippen molar-refractivity contribution < 1.29 is 19.1 Å². The Morgan fingerprint density at radius 3 is 1.51 bits per heavy atom. The van der Waals surface area contributed by atoms with E-state index in [1.807, 2.05) is 14.1 Å². The van der Waals surface area contributed by atoms with E-state index >= 15 is 0 Å². The molecule has 0 rings (SSSR count). The van der Waals surface area contributed by atoms with Crippen LogP contribution in [0.3, 0.4) is 0 Å². The minimum atomic E-state index is -0.0218. The predicted octanol–water partition coefficient (Wildman–Crippen LogP) is 11.2. The largest absolute Gasteiger partial charge is 0.465 e. The van der Waals surface area contributed by atoms with Gasteiger partial charge >= 0.3 is 11.9 Å². The van der Waals surface area contributed by atoms with Crippen molar-refractivity contribution in [1.82, 2.24) is 4.90 Å². The number of unbranched alkanes of at least 4 members (excludes halogenated alkanes) is 16. The first-order chi connectivity index (χ1) is 20.9. The third-order valence-electron chi connectivity index (χ3n) is 8.73. The fraction of sp³-hybridized carbons (Fsp3) is 0.947. The van der Waals surface area contributed by atoms with E-state index in [4.69, 9.17) is 9.47 Å². The molecule has 0 aromatic carbocycles. The number of hydrogen-bond donors (Lipinski definition) is 0. The zero-order chi connectivity index (χ0) is 31.8. The Hall–Kier alpha value is -1.10. The van der Waals surface area contributed by atoms with Crippen LogP contribution < -0.4 is 0 Å². The molecule has 0 N–H and O–H groups in total. The van der Waals surface area contributed by atoms with Crippen LogP contribution in [0.4, 0.5) is 0 Å². The minimum absolute atomic E-state index is 0.00810. The Labute approximate surface area is 269 Å². The van der Waals surface area contributed by atoms with Gasteiger partial charge in [0.1, 0.15) is 6.10 Å². The molecule has 0 aromatic heterocycles. The highest BCUT2D eigenvalue weighted by molar-refractivity contribution is 5.69. The van der Waals surface area contributed by atoms with Crippen LogP contribution in [0.2, 0.25) is 0 Å². The lowest BCUT2D eigenvalue weighted by atomic mass is 9.96. The Morgan fingerprint density at radius 1 is 0.512 bits per heavy atom. The number of esters is 2. The van der Waals surface area contributed by atoms with Gasteiger partial charge in [-0.2, -0.15) is 0 Å². The zero-order valence-electron chi connectivity index (χ0n) is 29.7. The molecule has 0 saturated carbocycles. The van der Waals surface area contributed by atoms with Crippen molar-refractivity contribution in [3.05, 3.63) is 0 Å². The quantitative estimate of drug-likeness (QED) is 0.0547. The highest BCUT2D eigenvalue weighted by Gasteiger charge is 2.15. The van der Waals surface area contributed by atoms with Gasteiger partial charge in [-0.1, -0.05) is 130 Å². The summed E-state index contributed by atoms with van der Waals surface area (Å²) >= 11 is 0. The maximum atomic E-state index is 12.5. The van der Waals surface area contributed by atoms with Crippen molar-refractivity contribution in [1.29, 1.82) is 0 Å². The molecule has 0 heterocycles. The van der Waals surface area contributed by atoms with E-state index in [0.29, 0.717) is 25.4 Å². The molecule has 2 atom stereocenters. The fourth-order valence-electron chi connectivity index (χ4n) is 5.85. The van der Waals surface area contributed by atoms with Gasteiger partial charge in [0.05, 0.1) is 6.61 Å². The molecule has 5 nitrogen and oxygen atoms in total. The highest BCUT2D eigenvalue weighted by Crippen LogP contribution is 2.20. The minimum Gasteiger partial charge on any atom is -0.465 e. The lowest BCUT2D eigenvalue weighted by Crippen LogP contribution is -2.20. The zero-order valence-corrected chi connectivity index (χ0v) is 29.7. The Kier molecular flexibility index (Phi) is 31.5. The van der Waals surface area contributed by atoms with E-state index in [1.54, 1.807) is 0 Å². The smallest absolute Gasteiger partial charge is 0.306 e. The number of carbonyl (C=O) groups is 2. The summed E-state index contributed by atoms with van der Waals surface area (Å²) in [5, 5.41) is 0. The molecule has 0 radical (unpaired) electrons. The van der Waals surface area contributed by atoms with Gasteiger partial charge < -0.3 is 14.4 Å². The Morgan fingerprint density at radius 2 is 0.953 bits per heavy atom. The summed E-state index contributed by atoms with van der Waals surface area (Å²) in [5.74, 6) is 0.509. The number of carbonyl (C=O) groups excluding carboxylic acids is 2. The molecule has 2 unspecified atom stereocenters. The summed E-state index contributed by atoms with van der Waals surface area (Å²) in [4.78, 5) is 26.9. The van der Waals surface area contributed by atoms with E-state index < -0.39 is 0 Å². The molecule has 256 valence electrons. The third-order valence-corrected chi connectivity index (χ3v) is 8.73. The SMILES string of the molecule is CCCCCCCCCCC(CCCCCCCCC(=O)OCC(CCCC)CCCCCC)OC(=O)CCCN(C)C. The van der Waals surface area contributed by atoms with Crippen LogP contribution >= 0.6 is 0 Å². The van der Waals surface area contributed by atoms with Gasteiger partial charge in [0.25, 0.3) is 0 Å². The van der Waals surface area contributed by atoms with Crippen molar-refractivity contribution in [3.8, 4) is 0 Å². The summed E-state index contributed by atoms with van der Waals surface area (Å²) in [6, 6.07) is 0. The van der Waals surface area contributed by atoms with Crippen LogP contribution in [0, 0.1) is 5.92 Å². The first-order valence-corrected chi connectivity index (χ1v) is 18.9. The van der Waals surface area contributed by atoms with Crippen molar-refractivity contribution >= 4 is 11.9 Å². The molecule has 0 aromatic rings. The average molecular weight is 610 g/mol. The summed E-state index contributed by atoms with van der Waals surface area (Å²) in [6.07, 6.45) is 31.1. The molecule has 5 heteroatoms. The van der Waals surface area contributed by atoms with Crippen molar-refractivity contribution in [2.45, 2.75) is 200 Å². The van der Waals surface area contributed by atoms with Gasteiger partial charge in [-0.05, 0) is 77.9 Å². The van der Waals surface area contributed by atoms with Crippen molar-refractivity contribution in [3.63, 3.8) is 0 Å². The van der Waals surface area contributed by atoms with Gasteiger partial charge in [-0.25, -0.2) is 0 Å². The second kappa shape index (κ2) is 32.3. The maximum Gasteiger partial charge on any atom is 0.306 e. The predicted molar refractivity (Wildman–Crippen MR) is 185 cm³/mol. The molecule has 0 amide bonds. The summed E-state index contributed by atoms with van der Waals surface area (Å²) < 4.78 is 11.6. The topological polar surface area (TPSA) is 55.8 Å². The van der Waals surface area contributed by atoms with Gasteiger partial charge in [-0.3, -0.25) is 9.59 Å². The van der Waals surface area contributed by atoms with E-state index in [9.17, 15) is 9.59 Å². The van der Waals surface area contributed by atoms with E-state index in [2.05, 4.69) is 25.7 Å². The molecule has 0 aliphatic heterocycles. The molecular weight excluding hydrogens is 534 g/mol. The summed E-state index contributed by atoms with van der Waals surface area (Å²) in [7, 11) is 4.09. The van der Waals surface area contributed by atoms with Crippen molar-refractivity contribution in [2.24, 2.45) is 5.92 Å². The molecule has 0 aliphatic carbocycles. The van der Waals surface area contributed by atoms with Crippen LogP contribution in [0.1, 0.15) is 194 Å². The molecule has 0 saturated heterocycles. The Balaban J connectivity index is 4.14. The van der Waals surface area contributed by atoms with Gasteiger partial charge in [0.15, 0.2) is 0 Å². The highest BCUT2D eigenvalue weighted by atomic mass is 16.5. The van der Waals surface area contributed by atoms with Crippen LogP contribution in [0.25, 0.3) is 0 Å². The van der Waals surface area contributed by atoms with Crippen LogP contribution in [-0.2, 0) is 19.1 Å². The lowest BCUT2D eigenvalue weighted by molar-refractivity contribution is -0.150. The number of nitrogens with zero attached hydrogens (tertiary/aromatic N) is 1. The fourth-order valence-corrected chi connectivity index (χ4v) is 5.85. The van der Waals surface area contributed by atoms with Gasteiger partial charge in [0, 0.05) is 12.8 Å². The van der Waals surface area contributed by atoms with Crippen LogP contribution in [0.15, 0.2) is 0 Å². The first-order valence-electron chi connectivity index (χ1n) is 18.9. The van der Waals surface area contributed by atoms with Crippen LogP contribution in [0.5, 0.6) is 0 Å². The number of rotatable bonds is 33.